The summed E-state index contributed by atoms with van der Waals surface area (Å²) in [6.45, 7) is 0.761. The summed E-state index contributed by atoms with van der Waals surface area (Å²) in [6, 6.07) is 9.82. The van der Waals surface area contributed by atoms with Crippen LogP contribution in [0.25, 0.3) is 11.4 Å². The van der Waals surface area contributed by atoms with Gasteiger partial charge in [0.05, 0.1) is 11.7 Å². The predicted octanol–water partition coefficient (Wildman–Crippen LogP) is 2.79. The van der Waals surface area contributed by atoms with E-state index in [-0.39, 0.29) is 11.9 Å². The highest BCUT2D eigenvalue weighted by Gasteiger charge is 2.31. The fraction of sp³-hybridized carbons (Fsp3) is 0.278. The number of H-pyrrole nitrogens is 1. The molecule has 0 radical (unpaired) electrons. The standard InChI is InChI=1S/C18H19N5O/c1-22-9-3-7-17(22)14-11-15(21-20-14)18(24)23-10-4-6-16(23)13-5-2-8-19-12-13/h2-3,5,7-9,11-12,16H,4,6,10H2,1H3,(H,20,21)/t16-/m1/s1. The minimum Gasteiger partial charge on any atom is -0.349 e. The number of carbonyl (C=O) groups is 1. The van der Waals surface area contributed by atoms with Crippen LogP contribution in [-0.4, -0.2) is 37.1 Å². The van der Waals surface area contributed by atoms with Crippen LogP contribution < -0.4 is 0 Å². The van der Waals surface area contributed by atoms with Gasteiger partial charge in [0.15, 0.2) is 0 Å². The molecule has 0 aliphatic carbocycles. The minimum atomic E-state index is -0.00527. The first kappa shape index (κ1) is 14.7. The molecule has 4 heterocycles. The number of nitrogens with zero attached hydrogens (tertiary/aromatic N) is 4. The van der Waals surface area contributed by atoms with Crippen LogP contribution in [0.2, 0.25) is 0 Å². The molecule has 1 aliphatic heterocycles. The SMILES string of the molecule is Cn1cccc1-c1cc(C(=O)N2CCC[C@@H]2c2cccnc2)[nH]n1. The zero-order chi connectivity index (χ0) is 16.5. The van der Waals surface area contributed by atoms with Gasteiger partial charge >= 0.3 is 0 Å². The first-order valence-electron chi connectivity index (χ1n) is 8.12. The van der Waals surface area contributed by atoms with E-state index in [9.17, 15) is 4.79 Å². The summed E-state index contributed by atoms with van der Waals surface area (Å²) in [5.41, 5.74) is 3.38. The summed E-state index contributed by atoms with van der Waals surface area (Å²) in [4.78, 5) is 19.0. The van der Waals surface area contributed by atoms with E-state index in [1.54, 1.807) is 6.20 Å². The average Bonchev–Trinajstić information content (AvgIpc) is 3.35. The van der Waals surface area contributed by atoms with Crippen LogP contribution in [0.15, 0.2) is 48.9 Å². The highest BCUT2D eigenvalue weighted by molar-refractivity contribution is 5.93. The second kappa shape index (κ2) is 5.96. The van der Waals surface area contributed by atoms with Crippen molar-refractivity contribution >= 4 is 5.91 Å². The fourth-order valence-electron chi connectivity index (χ4n) is 3.37. The lowest BCUT2D eigenvalue weighted by molar-refractivity contribution is 0.0729. The Morgan fingerprint density at radius 3 is 3.00 bits per heavy atom. The summed E-state index contributed by atoms with van der Waals surface area (Å²) >= 11 is 0. The maximum Gasteiger partial charge on any atom is 0.272 e. The van der Waals surface area contributed by atoms with Crippen LogP contribution in [0.1, 0.15) is 34.9 Å². The summed E-state index contributed by atoms with van der Waals surface area (Å²) < 4.78 is 1.98. The van der Waals surface area contributed by atoms with Crippen molar-refractivity contribution in [3.63, 3.8) is 0 Å². The zero-order valence-corrected chi connectivity index (χ0v) is 13.5. The lowest BCUT2D eigenvalue weighted by Gasteiger charge is -2.24. The molecule has 1 saturated heterocycles. The van der Waals surface area contributed by atoms with Crippen molar-refractivity contribution in [3.05, 3.63) is 60.2 Å². The van der Waals surface area contributed by atoms with Gasteiger partial charge in [-0.15, -0.1) is 0 Å². The number of aryl methyl sites for hydroxylation is 1. The fourth-order valence-corrected chi connectivity index (χ4v) is 3.37. The first-order valence-corrected chi connectivity index (χ1v) is 8.12. The van der Waals surface area contributed by atoms with Gasteiger partial charge in [-0.3, -0.25) is 14.9 Å². The minimum absolute atomic E-state index is 0.00527. The molecule has 122 valence electrons. The lowest BCUT2D eigenvalue weighted by Crippen LogP contribution is -2.30. The van der Waals surface area contributed by atoms with Crippen LogP contribution in [0.3, 0.4) is 0 Å². The molecule has 1 atom stereocenters. The highest BCUT2D eigenvalue weighted by atomic mass is 16.2. The molecule has 0 spiro atoms. The number of hydrogen-bond donors (Lipinski definition) is 1. The summed E-state index contributed by atoms with van der Waals surface area (Å²) in [6.07, 6.45) is 7.54. The Balaban J connectivity index is 1.60. The van der Waals surface area contributed by atoms with Gasteiger partial charge < -0.3 is 9.47 Å². The molecule has 1 amide bonds. The predicted molar refractivity (Wildman–Crippen MR) is 90.2 cm³/mol. The van der Waals surface area contributed by atoms with Gasteiger partial charge in [-0.25, -0.2) is 0 Å². The third kappa shape index (κ3) is 2.50. The Morgan fingerprint density at radius 1 is 1.33 bits per heavy atom. The lowest BCUT2D eigenvalue weighted by atomic mass is 10.1. The maximum absolute atomic E-state index is 12.9. The Labute approximate surface area is 140 Å². The van der Waals surface area contributed by atoms with Gasteiger partial charge in [0, 0.05) is 32.2 Å². The molecule has 24 heavy (non-hydrogen) atoms. The second-order valence-electron chi connectivity index (χ2n) is 6.11. The summed E-state index contributed by atoms with van der Waals surface area (Å²) in [5, 5.41) is 7.20. The highest BCUT2D eigenvalue weighted by Crippen LogP contribution is 2.32. The van der Waals surface area contributed by atoms with Crippen LogP contribution in [0.5, 0.6) is 0 Å². The topological polar surface area (TPSA) is 66.8 Å². The van der Waals surface area contributed by atoms with Crippen molar-refractivity contribution in [2.24, 2.45) is 7.05 Å². The van der Waals surface area contributed by atoms with E-state index in [0.29, 0.717) is 5.69 Å². The van der Waals surface area contributed by atoms with Crippen molar-refractivity contribution in [2.75, 3.05) is 6.54 Å². The number of aromatic amines is 1. The van der Waals surface area contributed by atoms with Crippen molar-refractivity contribution < 1.29 is 4.79 Å². The quantitative estimate of drug-likeness (QED) is 0.806. The molecule has 4 rings (SSSR count). The van der Waals surface area contributed by atoms with Crippen molar-refractivity contribution in [3.8, 4) is 11.4 Å². The van der Waals surface area contributed by atoms with E-state index in [1.165, 1.54) is 0 Å². The third-order valence-corrected chi connectivity index (χ3v) is 4.60. The number of pyridine rings is 1. The Morgan fingerprint density at radius 2 is 2.25 bits per heavy atom. The van der Waals surface area contributed by atoms with E-state index >= 15 is 0 Å². The van der Waals surface area contributed by atoms with Crippen LogP contribution in [0.4, 0.5) is 0 Å². The molecule has 6 heteroatoms. The van der Waals surface area contributed by atoms with Crippen LogP contribution in [0, 0.1) is 0 Å². The van der Waals surface area contributed by atoms with E-state index < -0.39 is 0 Å². The normalized spacial score (nSPS) is 17.4. The largest absolute Gasteiger partial charge is 0.349 e. The molecule has 6 nitrogen and oxygen atoms in total. The molecule has 1 N–H and O–H groups in total. The average molecular weight is 321 g/mol. The summed E-state index contributed by atoms with van der Waals surface area (Å²) in [7, 11) is 1.96. The van der Waals surface area contributed by atoms with E-state index in [4.69, 9.17) is 0 Å². The number of amides is 1. The number of aromatic nitrogens is 4. The first-order chi connectivity index (χ1) is 11.7. The van der Waals surface area contributed by atoms with E-state index in [2.05, 4.69) is 15.2 Å². The number of nitrogens with one attached hydrogen (secondary N) is 1. The molecule has 0 saturated carbocycles. The van der Waals surface area contributed by atoms with E-state index in [0.717, 1.165) is 36.3 Å². The van der Waals surface area contributed by atoms with Crippen molar-refractivity contribution in [2.45, 2.75) is 18.9 Å². The summed E-state index contributed by atoms with van der Waals surface area (Å²) in [5.74, 6) is -0.00527. The smallest absolute Gasteiger partial charge is 0.272 e. The number of carbonyl (C=O) groups excluding carboxylic acids is 1. The molecule has 1 fully saturated rings. The maximum atomic E-state index is 12.9. The number of hydrogen-bond acceptors (Lipinski definition) is 3. The molecular formula is C18H19N5O. The number of rotatable bonds is 3. The van der Waals surface area contributed by atoms with Crippen LogP contribution >= 0.6 is 0 Å². The Kier molecular flexibility index (Phi) is 3.65. The van der Waals surface area contributed by atoms with Crippen molar-refractivity contribution in [1.82, 2.24) is 24.6 Å². The second-order valence-corrected chi connectivity index (χ2v) is 6.11. The molecule has 0 bridgehead atoms. The van der Waals surface area contributed by atoms with Gasteiger partial charge in [0.1, 0.15) is 11.4 Å². The molecule has 3 aromatic heterocycles. The van der Waals surface area contributed by atoms with E-state index in [1.807, 2.05) is 59.2 Å². The van der Waals surface area contributed by atoms with Gasteiger partial charge in [-0.2, -0.15) is 5.10 Å². The Bertz CT molecular complexity index is 851. The van der Waals surface area contributed by atoms with Gasteiger partial charge in [0.2, 0.25) is 0 Å². The molecule has 1 aliphatic rings. The molecular weight excluding hydrogens is 302 g/mol. The molecule has 3 aromatic rings. The molecule has 0 aromatic carbocycles. The molecule has 0 unspecified atom stereocenters. The Hall–Kier alpha value is -2.89. The number of likely N-dealkylation sites (tertiary alicyclic amines) is 1. The van der Waals surface area contributed by atoms with Crippen LogP contribution in [-0.2, 0) is 7.05 Å². The van der Waals surface area contributed by atoms with Crippen molar-refractivity contribution in [1.29, 1.82) is 0 Å². The monoisotopic (exact) mass is 321 g/mol. The zero-order valence-electron chi connectivity index (χ0n) is 13.5. The third-order valence-electron chi connectivity index (χ3n) is 4.60. The van der Waals surface area contributed by atoms with Gasteiger partial charge in [-0.05, 0) is 42.7 Å². The van der Waals surface area contributed by atoms with Gasteiger partial charge in [-0.1, -0.05) is 6.07 Å². The van der Waals surface area contributed by atoms with Gasteiger partial charge in [0.25, 0.3) is 5.91 Å².